The van der Waals surface area contributed by atoms with Gasteiger partial charge in [0.15, 0.2) is 0 Å². The molecule has 0 aliphatic heterocycles. The van der Waals surface area contributed by atoms with Crippen molar-refractivity contribution in [1.82, 2.24) is 0 Å². The maximum absolute atomic E-state index is 8.52. The first-order valence-electron chi connectivity index (χ1n) is 4.00. The highest BCUT2D eigenvalue weighted by atomic mass is 32.3. The Morgan fingerprint density at radius 2 is 0.167 bits per heavy atom. The summed E-state index contributed by atoms with van der Waals surface area (Å²) in [4.78, 5) is 0. The molecule has 0 aliphatic rings. The highest BCUT2D eigenvalue weighted by molar-refractivity contribution is 7.80. The summed E-state index contributed by atoms with van der Waals surface area (Å²) in [6, 6.07) is 0. The second kappa shape index (κ2) is 49.4. The Morgan fingerprint density at radius 1 is 0.167 bits per heavy atom. The van der Waals surface area contributed by atoms with Gasteiger partial charge in [-0.2, -0.15) is 0 Å². The van der Waals surface area contributed by atoms with E-state index in [0.717, 1.165) is 0 Å². The zero-order valence-corrected chi connectivity index (χ0v) is 23.1. The van der Waals surface area contributed by atoms with Crippen LogP contribution in [0.1, 0.15) is 0 Å². The number of rotatable bonds is 0. The Bertz CT molecular complexity index is 757. The van der Waals surface area contributed by atoms with Crippen LogP contribution in [0.25, 0.3) is 0 Å². The first kappa shape index (κ1) is 124. The van der Waals surface area contributed by atoms with E-state index >= 15 is 0 Å². The van der Waals surface area contributed by atoms with Crippen LogP contribution in [0.5, 0.6) is 0 Å². The van der Waals surface area contributed by atoms with Crippen molar-refractivity contribution in [2.24, 2.45) is 0 Å². The van der Waals surface area contributed by atoms with Crippen LogP contribution in [-0.4, -0.2) is 171 Å². The highest BCUT2D eigenvalue weighted by Gasteiger charge is 1.51. The van der Waals surface area contributed by atoms with Gasteiger partial charge in [-0.25, -0.2) is 0 Å². The molecular weight excluding hydrogens is 768 g/mol. The zero-order chi connectivity index (χ0) is 27.0. The average Bonchev–Trinajstić information content (AvgIpc) is 1.94. The van der Waals surface area contributed by atoms with Crippen molar-refractivity contribution in [3.05, 3.63) is 0 Å². The standard InChI is InChI=1S/6H2O4S.12H2O/c6*1-5(2,3)4;;;;;;;;;;;;/h6*(H2,1,2,3,4);12*1H2/p-12. The van der Waals surface area contributed by atoms with Crippen molar-refractivity contribution >= 4 is 62.4 Å². The minimum absolute atomic E-state index is 0. The first-order valence-corrected chi connectivity index (χ1v) is 12.0. The van der Waals surface area contributed by atoms with Gasteiger partial charge in [0.05, 0.1) is 0 Å². The molecule has 288 valence electrons. The monoisotopic (exact) mass is 792 g/mol. The summed E-state index contributed by atoms with van der Waals surface area (Å²) in [5, 5.41) is 0. The second-order valence-corrected chi connectivity index (χ2v) is 7.35. The summed E-state index contributed by atoms with van der Waals surface area (Å²) in [5.74, 6) is 0. The maximum atomic E-state index is 8.52. The second-order valence-electron chi connectivity index (χ2n) is 2.45. The fourth-order valence-corrected chi connectivity index (χ4v) is 0. The summed E-state index contributed by atoms with van der Waals surface area (Å²) in [6.45, 7) is 0. The molecule has 0 spiro atoms. The van der Waals surface area contributed by atoms with Gasteiger partial charge >= 0.3 is 0 Å². The molecule has 0 bridgehead atoms. The van der Waals surface area contributed by atoms with Crippen LogP contribution in [0, 0.1) is 0 Å². The van der Waals surface area contributed by atoms with Crippen LogP contribution in [0.15, 0.2) is 0 Å². The van der Waals surface area contributed by atoms with Crippen molar-refractivity contribution in [3.63, 3.8) is 0 Å². The predicted molar refractivity (Wildman–Crippen MR) is 106 cm³/mol. The molecule has 0 saturated carbocycles. The van der Waals surface area contributed by atoms with E-state index in [1.165, 1.54) is 0 Å². The van der Waals surface area contributed by atoms with Crippen molar-refractivity contribution in [3.8, 4) is 0 Å². The lowest BCUT2D eigenvalue weighted by molar-refractivity contribution is 0.350. The summed E-state index contributed by atoms with van der Waals surface area (Å²) >= 11 is 0. The lowest BCUT2D eigenvalue weighted by Crippen LogP contribution is -1.91. The van der Waals surface area contributed by atoms with Crippen LogP contribution >= 0.6 is 0 Å². The van der Waals surface area contributed by atoms with E-state index in [0.29, 0.717) is 0 Å². The minimum atomic E-state index is -5.17. The Hall–Kier alpha value is -1.26. The molecule has 0 aromatic rings. The lowest BCUT2D eigenvalue weighted by atomic mass is 15.8. The van der Waals surface area contributed by atoms with E-state index in [4.69, 9.17) is 105 Å². The van der Waals surface area contributed by atoms with Crippen LogP contribution in [0.2, 0.25) is 0 Å². The van der Waals surface area contributed by atoms with Crippen LogP contribution in [-0.2, 0) is 62.4 Å². The quantitative estimate of drug-likeness (QED) is 0.162. The summed E-state index contributed by atoms with van der Waals surface area (Å²) < 4.78 is 205. The molecule has 0 aromatic heterocycles. The minimum Gasteiger partial charge on any atom is -0.759 e. The fourth-order valence-electron chi connectivity index (χ4n) is 0. The highest BCUT2D eigenvalue weighted by Crippen LogP contribution is 1.59. The molecule has 0 radical (unpaired) electrons. The molecule has 36 nitrogen and oxygen atoms in total. The van der Waals surface area contributed by atoms with Gasteiger partial charge in [-0.05, 0) is 0 Å². The van der Waals surface area contributed by atoms with Crippen molar-refractivity contribution in [1.29, 1.82) is 0 Å². The van der Waals surface area contributed by atoms with Crippen LogP contribution < -0.4 is 0 Å². The molecule has 0 aliphatic carbocycles. The molecule has 0 amide bonds. The lowest BCUT2D eigenvalue weighted by Gasteiger charge is -2.06. The molecular formula is H24O36S6-12. The van der Waals surface area contributed by atoms with E-state index in [9.17, 15) is 0 Å². The molecule has 0 rings (SSSR count). The normalized spacial score (nSPS) is 8.29. The van der Waals surface area contributed by atoms with Crippen LogP contribution in [0.4, 0.5) is 0 Å². The van der Waals surface area contributed by atoms with Crippen molar-refractivity contribution in [2.75, 3.05) is 0 Å². The molecule has 0 saturated heterocycles. The molecule has 0 atom stereocenters. The van der Waals surface area contributed by atoms with E-state index in [1.807, 2.05) is 0 Å². The van der Waals surface area contributed by atoms with Gasteiger partial charge in [0, 0.05) is 62.4 Å². The molecule has 42 heteroatoms. The van der Waals surface area contributed by atoms with E-state index < -0.39 is 62.4 Å². The third kappa shape index (κ3) is 34800. The third-order valence-corrected chi connectivity index (χ3v) is 0. The first-order chi connectivity index (χ1) is 12.0. The maximum Gasteiger partial charge on any atom is 0.0311 e. The van der Waals surface area contributed by atoms with Gasteiger partial charge in [0.2, 0.25) is 0 Å². The molecule has 0 fully saturated rings. The molecule has 42 heavy (non-hydrogen) atoms. The predicted octanol–water partition coefficient (Wildman–Crippen LogP) is -17.9. The van der Waals surface area contributed by atoms with E-state index in [1.54, 1.807) is 0 Å². The van der Waals surface area contributed by atoms with Gasteiger partial charge < -0.3 is 120 Å². The summed E-state index contributed by atoms with van der Waals surface area (Å²) in [5.41, 5.74) is 0. The average molecular weight is 793 g/mol. The van der Waals surface area contributed by atoms with Crippen molar-refractivity contribution < 1.29 is 171 Å². The molecule has 24 N–H and O–H groups in total. The van der Waals surface area contributed by atoms with Gasteiger partial charge in [-0.15, -0.1) is 0 Å². The SMILES string of the molecule is O.O.O.O.O.O.O.O.O.O.O.O.O=S(=O)([O-])[O-].O=S(=O)([O-])[O-].O=S(=O)([O-])[O-].O=S(=O)([O-])[O-].O=S(=O)([O-])[O-].O=S(=O)([O-])[O-]. The topological polar surface area (TPSA) is 860 Å². The molecule has 0 heterocycles. The number of hydrogen-bond donors (Lipinski definition) is 0. The van der Waals surface area contributed by atoms with Gasteiger partial charge in [-0.1, -0.05) is 0 Å². The fraction of sp³-hybridized carbons (Fsp3) is 0. The van der Waals surface area contributed by atoms with Gasteiger partial charge in [-0.3, -0.25) is 50.5 Å². The van der Waals surface area contributed by atoms with Gasteiger partial charge in [0.25, 0.3) is 0 Å². The van der Waals surface area contributed by atoms with E-state index in [2.05, 4.69) is 0 Å². The third-order valence-electron chi connectivity index (χ3n) is 0. The molecule has 0 unspecified atom stereocenters. The zero-order valence-electron chi connectivity index (χ0n) is 18.2. The van der Waals surface area contributed by atoms with E-state index in [-0.39, 0.29) is 65.7 Å². The Balaban J connectivity index is -0.00000000973. The van der Waals surface area contributed by atoms with Gasteiger partial charge in [0.1, 0.15) is 0 Å². The molecule has 0 aromatic carbocycles. The largest absolute Gasteiger partial charge is 0.759 e. The van der Waals surface area contributed by atoms with Crippen LogP contribution in [0.3, 0.4) is 0 Å². The summed E-state index contributed by atoms with van der Waals surface area (Å²) in [7, 11) is -31.0. The number of hydrogen-bond acceptors (Lipinski definition) is 24. The Morgan fingerprint density at radius 3 is 0.167 bits per heavy atom. The van der Waals surface area contributed by atoms with Crippen molar-refractivity contribution in [2.45, 2.75) is 0 Å². The summed E-state index contributed by atoms with van der Waals surface area (Å²) in [6.07, 6.45) is 0. The Kier molecular flexibility index (Phi) is 146. The smallest absolute Gasteiger partial charge is 0.0311 e. The Labute approximate surface area is 233 Å².